The molecular weight excluding hydrogens is 223 g/mol. The van der Waals surface area contributed by atoms with Crippen LogP contribution in [0.25, 0.3) is 0 Å². The van der Waals surface area contributed by atoms with Crippen LogP contribution < -0.4 is 0 Å². The molecule has 0 saturated heterocycles. The van der Waals surface area contributed by atoms with Crippen molar-refractivity contribution in [3.63, 3.8) is 0 Å². The third-order valence-electron chi connectivity index (χ3n) is 1.54. The third kappa shape index (κ3) is 1.72. The first-order valence-electron chi connectivity index (χ1n) is 3.49. The van der Waals surface area contributed by atoms with Crippen molar-refractivity contribution in [2.24, 2.45) is 0 Å². The number of halogens is 2. The summed E-state index contributed by atoms with van der Waals surface area (Å²) >= 11 is 3.14. The fraction of sp³-hybridized carbons (Fsp3) is 0.222. The molecule has 0 heterocycles. The zero-order chi connectivity index (χ0) is 9.30. The van der Waals surface area contributed by atoms with Crippen LogP contribution in [0.1, 0.15) is 22.8 Å². The Morgan fingerprint density at radius 1 is 1.50 bits per heavy atom. The van der Waals surface area contributed by atoms with Crippen LogP contribution in [0.5, 0.6) is 0 Å². The van der Waals surface area contributed by atoms with Crippen LogP contribution >= 0.6 is 15.9 Å². The van der Waals surface area contributed by atoms with Crippen molar-refractivity contribution >= 4 is 21.7 Å². The minimum absolute atomic E-state index is 0.126. The molecule has 0 atom stereocenters. The Labute approximate surface area is 78.7 Å². The van der Waals surface area contributed by atoms with Gasteiger partial charge in [-0.2, -0.15) is 0 Å². The van der Waals surface area contributed by atoms with E-state index in [1.165, 1.54) is 13.0 Å². The molecule has 0 radical (unpaired) electrons. The monoisotopic (exact) mass is 230 g/mol. The average Bonchev–Trinajstić information content (AvgIpc) is 1.82. The molecule has 0 aromatic heterocycles. The fourth-order valence-corrected chi connectivity index (χ4v) is 1.87. The van der Waals surface area contributed by atoms with Crippen LogP contribution in [-0.4, -0.2) is 5.78 Å². The van der Waals surface area contributed by atoms with Crippen molar-refractivity contribution in [1.29, 1.82) is 0 Å². The molecule has 0 saturated carbocycles. The number of aryl methyl sites for hydroxylation is 1. The highest BCUT2D eigenvalue weighted by atomic mass is 79.9. The van der Waals surface area contributed by atoms with Crippen molar-refractivity contribution in [2.75, 3.05) is 0 Å². The number of carbonyl (C=O) groups is 1. The number of Topliss-reactive ketones (excluding diaryl/α,β-unsaturated/α-hetero) is 1. The maximum absolute atomic E-state index is 13.1. The van der Waals surface area contributed by atoms with Crippen molar-refractivity contribution in [2.45, 2.75) is 13.8 Å². The highest BCUT2D eigenvalue weighted by Crippen LogP contribution is 2.22. The van der Waals surface area contributed by atoms with Gasteiger partial charge in [-0.05, 0) is 47.5 Å². The summed E-state index contributed by atoms with van der Waals surface area (Å²) in [5, 5.41) is 0. The highest BCUT2D eigenvalue weighted by Gasteiger charge is 2.11. The van der Waals surface area contributed by atoms with E-state index in [1.54, 1.807) is 13.0 Å². The van der Waals surface area contributed by atoms with Gasteiger partial charge in [-0.1, -0.05) is 0 Å². The van der Waals surface area contributed by atoms with E-state index in [1.807, 2.05) is 0 Å². The first kappa shape index (κ1) is 9.39. The summed E-state index contributed by atoms with van der Waals surface area (Å²) in [4.78, 5) is 10.9. The maximum atomic E-state index is 13.1. The topological polar surface area (TPSA) is 17.1 Å². The van der Waals surface area contributed by atoms with Crippen LogP contribution in [0.15, 0.2) is 16.6 Å². The molecule has 1 aromatic carbocycles. The molecule has 0 unspecified atom stereocenters. The molecule has 64 valence electrons. The summed E-state index contributed by atoms with van der Waals surface area (Å²) < 4.78 is 13.6. The normalized spacial score (nSPS) is 10.0. The van der Waals surface area contributed by atoms with Crippen LogP contribution in [0.3, 0.4) is 0 Å². The molecule has 0 N–H and O–H groups in total. The highest BCUT2D eigenvalue weighted by molar-refractivity contribution is 9.10. The standard InChI is InChI=1S/C9H8BrFO/c1-5-3-7(10)9(6(2)12)8(11)4-5/h3-4H,1-2H3. The van der Waals surface area contributed by atoms with Gasteiger partial charge < -0.3 is 0 Å². The first-order chi connectivity index (χ1) is 5.52. The quantitative estimate of drug-likeness (QED) is 0.678. The van der Waals surface area contributed by atoms with Crippen LogP contribution in [0.2, 0.25) is 0 Å². The van der Waals surface area contributed by atoms with Crippen molar-refractivity contribution in [1.82, 2.24) is 0 Å². The van der Waals surface area contributed by atoms with Gasteiger partial charge in [-0.25, -0.2) is 4.39 Å². The maximum Gasteiger partial charge on any atom is 0.163 e. The van der Waals surface area contributed by atoms with Crippen LogP contribution in [-0.2, 0) is 0 Å². The number of hydrogen-bond donors (Lipinski definition) is 0. The molecule has 12 heavy (non-hydrogen) atoms. The molecule has 0 aliphatic carbocycles. The van der Waals surface area contributed by atoms with Crippen molar-refractivity contribution in [3.8, 4) is 0 Å². The Bertz CT molecular complexity index is 310. The Morgan fingerprint density at radius 2 is 2.08 bits per heavy atom. The molecule has 0 bridgehead atoms. The third-order valence-corrected chi connectivity index (χ3v) is 2.16. The minimum atomic E-state index is -0.464. The van der Waals surface area contributed by atoms with E-state index in [0.717, 1.165) is 5.56 Å². The van der Waals surface area contributed by atoms with Crippen molar-refractivity contribution in [3.05, 3.63) is 33.5 Å². The van der Waals surface area contributed by atoms with E-state index in [4.69, 9.17) is 0 Å². The zero-order valence-electron chi connectivity index (χ0n) is 6.82. The molecule has 1 aromatic rings. The molecule has 1 nitrogen and oxygen atoms in total. The predicted octanol–water partition coefficient (Wildman–Crippen LogP) is 3.10. The van der Waals surface area contributed by atoms with Gasteiger partial charge in [0.05, 0.1) is 5.56 Å². The number of carbonyl (C=O) groups excluding carboxylic acids is 1. The molecule has 1 rings (SSSR count). The van der Waals surface area contributed by atoms with Gasteiger partial charge in [0.2, 0.25) is 0 Å². The second kappa shape index (κ2) is 3.35. The molecule has 0 aliphatic rings. The molecule has 0 amide bonds. The van der Waals surface area contributed by atoms with E-state index in [0.29, 0.717) is 4.47 Å². The first-order valence-corrected chi connectivity index (χ1v) is 4.28. The molecule has 0 spiro atoms. The SMILES string of the molecule is CC(=O)c1c(F)cc(C)cc1Br. The lowest BCUT2D eigenvalue weighted by Crippen LogP contribution is -1.98. The van der Waals surface area contributed by atoms with E-state index in [2.05, 4.69) is 15.9 Å². The number of hydrogen-bond acceptors (Lipinski definition) is 1. The summed E-state index contributed by atoms with van der Waals surface area (Å²) in [5.41, 5.74) is 0.921. The van der Waals surface area contributed by atoms with Gasteiger partial charge in [0, 0.05) is 4.47 Å². The lowest BCUT2D eigenvalue weighted by Gasteiger charge is -2.02. The summed E-state index contributed by atoms with van der Waals surface area (Å²) in [7, 11) is 0. The van der Waals surface area contributed by atoms with Gasteiger partial charge in [-0.3, -0.25) is 4.79 Å². The van der Waals surface area contributed by atoms with E-state index < -0.39 is 5.82 Å². The summed E-state index contributed by atoms with van der Waals surface area (Å²) in [5.74, 6) is -0.728. The zero-order valence-corrected chi connectivity index (χ0v) is 8.40. The van der Waals surface area contributed by atoms with E-state index in [9.17, 15) is 9.18 Å². The second-order valence-electron chi connectivity index (χ2n) is 2.66. The largest absolute Gasteiger partial charge is 0.294 e. The Morgan fingerprint density at radius 3 is 2.50 bits per heavy atom. The van der Waals surface area contributed by atoms with Gasteiger partial charge in [0.15, 0.2) is 5.78 Å². The van der Waals surface area contributed by atoms with E-state index in [-0.39, 0.29) is 11.3 Å². The fourth-order valence-electron chi connectivity index (χ4n) is 1.04. The lowest BCUT2D eigenvalue weighted by atomic mass is 10.1. The lowest BCUT2D eigenvalue weighted by molar-refractivity contribution is 0.101. The predicted molar refractivity (Wildman–Crippen MR) is 48.8 cm³/mol. The van der Waals surface area contributed by atoms with Gasteiger partial charge in [0.1, 0.15) is 5.82 Å². The number of benzene rings is 1. The summed E-state index contributed by atoms with van der Waals surface area (Å²) in [6.07, 6.45) is 0. The average molecular weight is 231 g/mol. The Kier molecular flexibility index (Phi) is 2.62. The minimum Gasteiger partial charge on any atom is -0.294 e. The van der Waals surface area contributed by atoms with Crippen molar-refractivity contribution < 1.29 is 9.18 Å². The number of ketones is 1. The van der Waals surface area contributed by atoms with Gasteiger partial charge >= 0.3 is 0 Å². The Hall–Kier alpha value is -0.700. The van der Waals surface area contributed by atoms with Gasteiger partial charge in [-0.15, -0.1) is 0 Å². The van der Waals surface area contributed by atoms with E-state index >= 15 is 0 Å². The van der Waals surface area contributed by atoms with Crippen LogP contribution in [0, 0.1) is 12.7 Å². The Balaban J connectivity index is 3.38. The molecule has 0 fully saturated rings. The van der Waals surface area contributed by atoms with Crippen LogP contribution in [0.4, 0.5) is 4.39 Å². The van der Waals surface area contributed by atoms with Gasteiger partial charge in [0.25, 0.3) is 0 Å². The summed E-state index contributed by atoms with van der Waals surface area (Å²) in [6.45, 7) is 3.12. The molecule has 0 aliphatic heterocycles. The smallest absolute Gasteiger partial charge is 0.163 e. The molecular formula is C9H8BrFO. The number of rotatable bonds is 1. The second-order valence-corrected chi connectivity index (χ2v) is 3.51. The molecule has 3 heteroatoms. The summed E-state index contributed by atoms with van der Waals surface area (Å²) in [6, 6.07) is 3.07.